The topological polar surface area (TPSA) is 35.0 Å². The fraction of sp³-hybridized carbons (Fsp3) is 0.250. The number of aryl methyl sites for hydroxylation is 1. The van der Waals surface area contributed by atoms with Crippen molar-refractivity contribution < 1.29 is 17.9 Å². The van der Waals surface area contributed by atoms with Gasteiger partial charge in [-0.25, -0.2) is 18.7 Å². The van der Waals surface area contributed by atoms with Crippen LogP contribution in [0.3, 0.4) is 0 Å². The van der Waals surface area contributed by atoms with E-state index in [-0.39, 0.29) is 23.7 Å². The van der Waals surface area contributed by atoms with E-state index in [1.165, 1.54) is 50.0 Å². The summed E-state index contributed by atoms with van der Waals surface area (Å²) in [5, 5.41) is 0. The lowest BCUT2D eigenvalue weighted by Gasteiger charge is -2.11. The van der Waals surface area contributed by atoms with Gasteiger partial charge in [0.2, 0.25) is 5.82 Å². The Bertz CT molecular complexity index is 1370. The van der Waals surface area contributed by atoms with Crippen LogP contribution in [0.5, 0.6) is 5.75 Å². The van der Waals surface area contributed by atoms with Crippen molar-refractivity contribution >= 4 is 0 Å². The Morgan fingerprint density at radius 1 is 0.737 bits per heavy atom. The highest BCUT2D eigenvalue weighted by Crippen LogP contribution is 2.32. The molecule has 0 radical (unpaired) electrons. The largest absolute Gasteiger partial charge is 0.486 e. The molecule has 0 aliphatic heterocycles. The number of unbranched alkanes of at least 4 members (excludes halogenated alkanes) is 4. The minimum atomic E-state index is -1.05. The van der Waals surface area contributed by atoms with Crippen LogP contribution in [0, 0.1) is 17.5 Å². The first kappa shape index (κ1) is 27.1. The first-order chi connectivity index (χ1) is 18.5. The van der Waals surface area contributed by atoms with Crippen LogP contribution in [0.4, 0.5) is 13.2 Å². The number of ether oxygens (including phenoxy) is 1. The summed E-state index contributed by atoms with van der Waals surface area (Å²) in [6, 6.07) is 14.7. The van der Waals surface area contributed by atoms with Gasteiger partial charge in [-0.15, -0.1) is 0 Å². The summed E-state index contributed by atoms with van der Waals surface area (Å²) in [7, 11) is 0. The SMILES string of the molecule is C=CCOc1ccc(-c2ccc(-c3ccc(-c4cnc(CCCCCCC)nc4)c(F)c3)cc2)c(F)c1F. The zero-order valence-electron chi connectivity index (χ0n) is 21.5. The Hall–Kier alpha value is -3.93. The summed E-state index contributed by atoms with van der Waals surface area (Å²) in [6.07, 6.45) is 11.5. The van der Waals surface area contributed by atoms with Crippen molar-refractivity contribution in [3.63, 3.8) is 0 Å². The molecule has 0 aliphatic carbocycles. The number of hydrogen-bond acceptors (Lipinski definition) is 3. The molecule has 4 rings (SSSR count). The second-order valence-corrected chi connectivity index (χ2v) is 9.16. The molecule has 0 saturated heterocycles. The molecule has 4 aromatic rings. The predicted octanol–water partition coefficient (Wildman–Crippen LogP) is 8.97. The molecule has 0 amide bonds. The molecule has 6 heteroatoms. The molecule has 1 heterocycles. The predicted molar refractivity (Wildman–Crippen MR) is 146 cm³/mol. The number of aromatic nitrogens is 2. The van der Waals surface area contributed by atoms with Crippen LogP contribution in [0.15, 0.2) is 79.6 Å². The first-order valence-corrected chi connectivity index (χ1v) is 12.9. The van der Waals surface area contributed by atoms with Crippen molar-refractivity contribution in [1.29, 1.82) is 0 Å². The molecule has 0 fully saturated rings. The summed E-state index contributed by atoms with van der Waals surface area (Å²) in [5.74, 6) is -1.81. The fourth-order valence-corrected chi connectivity index (χ4v) is 4.30. The third kappa shape index (κ3) is 6.49. The third-order valence-corrected chi connectivity index (χ3v) is 6.42. The molecular weight excluding hydrogens is 485 g/mol. The second-order valence-electron chi connectivity index (χ2n) is 9.16. The summed E-state index contributed by atoms with van der Waals surface area (Å²) in [4.78, 5) is 8.84. The quantitative estimate of drug-likeness (QED) is 0.139. The smallest absolute Gasteiger partial charge is 0.201 e. The van der Waals surface area contributed by atoms with Gasteiger partial charge in [-0.1, -0.05) is 81.7 Å². The summed E-state index contributed by atoms with van der Waals surface area (Å²) in [5.41, 5.74) is 3.09. The highest BCUT2D eigenvalue weighted by Gasteiger charge is 2.16. The standard InChI is InChI=1S/C32H31F3N2O/c1-3-5-6-7-8-9-30-36-20-25(21-37-30)26-15-14-24(19-28(26)33)22-10-12-23(13-11-22)27-16-17-29(38-18-4-2)32(35)31(27)34/h4,10-17,19-21H,2-3,5-9,18H2,1H3. The monoisotopic (exact) mass is 516 g/mol. The average Bonchev–Trinajstić information content (AvgIpc) is 2.94. The summed E-state index contributed by atoms with van der Waals surface area (Å²) in [6.45, 7) is 5.77. The van der Waals surface area contributed by atoms with Crippen LogP contribution < -0.4 is 4.74 Å². The van der Waals surface area contributed by atoms with Crippen LogP contribution in [-0.2, 0) is 6.42 Å². The van der Waals surface area contributed by atoms with E-state index >= 15 is 4.39 Å². The van der Waals surface area contributed by atoms with Crippen molar-refractivity contribution in [2.75, 3.05) is 6.61 Å². The van der Waals surface area contributed by atoms with E-state index < -0.39 is 11.6 Å². The fourth-order valence-electron chi connectivity index (χ4n) is 4.30. The van der Waals surface area contributed by atoms with Crippen LogP contribution >= 0.6 is 0 Å². The second kappa shape index (κ2) is 13.0. The van der Waals surface area contributed by atoms with E-state index in [1.54, 1.807) is 42.7 Å². The van der Waals surface area contributed by atoms with Gasteiger partial charge in [-0.2, -0.15) is 4.39 Å². The molecule has 0 N–H and O–H groups in total. The van der Waals surface area contributed by atoms with E-state index in [1.807, 2.05) is 6.07 Å². The zero-order valence-corrected chi connectivity index (χ0v) is 21.5. The van der Waals surface area contributed by atoms with Crippen molar-refractivity contribution in [1.82, 2.24) is 9.97 Å². The number of hydrogen-bond donors (Lipinski definition) is 0. The van der Waals surface area contributed by atoms with Crippen molar-refractivity contribution in [3.05, 3.63) is 103 Å². The van der Waals surface area contributed by atoms with E-state index in [4.69, 9.17) is 4.74 Å². The molecule has 196 valence electrons. The lowest BCUT2D eigenvalue weighted by molar-refractivity contribution is 0.333. The molecule has 0 aliphatic rings. The maximum atomic E-state index is 15.0. The Balaban J connectivity index is 1.46. The van der Waals surface area contributed by atoms with Crippen LogP contribution in [-0.4, -0.2) is 16.6 Å². The number of benzene rings is 3. The van der Waals surface area contributed by atoms with E-state index in [0.29, 0.717) is 22.3 Å². The molecule has 3 aromatic carbocycles. The summed E-state index contributed by atoms with van der Waals surface area (Å²) >= 11 is 0. The Morgan fingerprint density at radius 3 is 2.08 bits per heavy atom. The molecule has 0 saturated carbocycles. The van der Waals surface area contributed by atoms with Gasteiger partial charge in [-0.3, -0.25) is 0 Å². The van der Waals surface area contributed by atoms with Gasteiger partial charge >= 0.3 is 0 Å². The lowest BCUT2D eigenvalue weighted by Crippen LogP contribution is -1.99. The van der Waals surface area contributed by atoms with Gasteiger partial charge in [-0.05, 0) is 41.3 Å². The van der Waals surface area contributed by atoms with Gasteiger partial charge in [0.25, 0.3) is 0 Å². The molecule has 3 nitrogen and oxygen atoms in total. The van der Waals surface area contributed by atoms with E-state index in [9.17, 15) is 8.78 Å². The van der Waals surface area contributed by atoms with Crippen molar-refractivity contribution in [2.24, 2.45) is 0 Å². The summed E-state index contributed by atoms with van der Waals surface area (Å²) < 4.78 is 49.2. The van der Waals surface area contributed by atoms with Gasteiger partial charge in [0, 0.05) is 35.5 Å². The first-order valence-electron chi connectivity index (χ1n) is 12.9. The molecule has 0 spiro atoms. The highest BCUT2D eigenvalue weighted by molar-refractivity contribution is 5.73. The molecule has 0 unspecified atom stereocenters. The Labute approximate surface area is 222 Å². The van der Waals surface area contributed by atoms with Crippen LogP contribution in [0.2, 0.25) is 0 Å². The van der Waals surface area contributed by atoms with E-state index in [2.05, 4.69) is 23.5 Å². The molecule has 0 atom stereocenters. The van der Waals surface area contributed by atoms with Gasteiger partial charge in [0.1, 0.15) is 18.2 Å². The Morgan fingerprint density at radius 2 is 1.39 bits per heavy atom. The number of rotatable bonds is 12. The molecular formula is C32H31F3N2O. The normalized spacial score (nSPS) is 10.9. The van der Waals surface area contributed by atoms with E-state index in [0.717, 1.165) is 24.2 Å². The van der Waals surface area contributed by atoms with Gasteiger partial charge in [0.15, 0.2) is 11.6 Å². The lowest BCUT2D eigenvalue weighted by atomic mass is 9.98. The molecule has 38 heavy (non-hydrogen) atoms. The van der Waals surface area contributed by atoms with Crippen molar-refractivity contribution in [3.8, 4) is 39.1 Å². The highest BCUT2D eigenvalue weighted by atomic mass is 19.2. The minimum absolute atomic E-state index is 0.0806. The zero-order chi connectivity index (χ0) is 26.9. The van der Waals surface area contributed by atoms with Crippen LogP contribution in [0.25, 0.3) is 33.4 Å². The average molecular weight is 517 g/mol. The minimum Gasteiger partial charge on any atom is -0.486 e. The molecule has 1 aromatic heterocycles. The maximum absolute atomic E-state index is 15.0. The van der Waals surface area contributed by atoms with Crippen LogP contribution in [0.1, 0.15) is 44.9 Å². The van der Waals surface area contributed by atoms with Crippen molar-refractivity contribution in [2.45, 2.75) is 45.4 Å². The number of nitrogens with zero attached hydrogens (tertiary/aromatic N) is 2. The maximum Gasteiger partial charge on any atom is 0.201 e. The Kier molecular flexibility index (Phi) is 9.30. The number of halogens is 3. The van der Waals surface area contributed by atoms with Gasteiger partial charge in [0.05, 0.1) is 0 Å². The molecule has 0 bridgehead atoms. The third-order valence-electron chi connectivity index (χ3n) is 6.42. The van der Waals surface area contributed by atoms with Gasteiger partial charge < -0.3 is 4.74 Å².